The topological polar surface area (TPSA) is 59.0 Å². The van der Waals surface area contributed by atoms with Gasteiger partial charge in [0, 0.05) is 0 Å². The standard InChI is InChI=1S/C19H17NO4/c1-2-8-20-16-9-15(11-21)10-17(19(16)24-13-18(20)22)23-12-14-6-4-3-5-7-14/h1,3-7,9-10,21H,8,11-13H2. The largest absolute Gasteiger partial charge is 0.485 e. The highest BCUT2D eigenvalue weighted by molar-refractivity contribution is 5.99. The monoisotopic (exact) mass is 323 g/mol. The molecule has 0 aliphatic carbocycles. The van der Waals surface area contributed by atoms with Crippen LogP contribution in [0.4, 0.5) is 5.69 Å². The van der Waals surface area contributed by atoms with Crippen LogP contribution in [-0.4, -0.2) is 24.2 Å². The number of amides is 1. The molecule has 0 spiro atoms. The Morgan fingerprint density at radius 3 is 2.75 bits per heavy atom. The molecular formula is C19H17NO4. The van der Waals surface area contributed by atoms with Crippen LogP contribution in [0.2, 0.25) is 0 Å². The van der Waals surface area contributed by atoms with Gasteiger partial charge in [-0.25, -0.2) is 0 Å². The quantitative estimate of drug-likeness (QED) is 0.856. The molecule has 1 N–H and O–H groups in total. The van der Waals surface area contributed by atoms with Crippen molar-refractivity contribution in [1.29, 1.82) is 0 Å². The Bertz CT molecular complexity index is 780. The lowest BCUT2D eigenvalue weighted by Gasteiger charge is -2.29. The number of benzene rings is 2. The lowest BCUT2D eigenvalue weighted by molar-refractivity contribution is -0.121. The Balaban J connectivity index is 1.94. The fraction of sp³-hybridized carbons (Fsp3) is 0.211. The Labute approximate surface area is 140 Å². The van der Waals surface area contributed by atoms with Crippen LogP contribution >= 0.6 is 0 Å². The summed E-state index contributed by atoms with van der Waals surface area (Å²) in [7, 11) is 0. The molecule has 1 amide bonds. The van der Waals surface area contributed by atoms with Gasteiger partial charge in [0.1, 0.15) is 6.61 Å². The average molecular weight is 323 g/mol. The Kier molecular flexibility index (Phi) is 4.69. The molecule has 2 aromatic carbocycles. The summed E-state index contributed by atoms with van der Waals surface area (Å²) in [5.41, 5.74) is 2.16. The molecule has 0 aromatic heterocycles. The lowest BCUT2D eigenvalue weighted by atomic mass is 10.1. The maximum Gasteiger partial charge on any atom is 0.265 e. The third-order valence-electron chi connectivity index (χ3n) is 3.70. The Morgan fingerprint density at radius 2 is 2.04 bits per heavy atom. The first-order valence-corrected chi connectivity index (χ1v) is 7.54. The van der Waals surface area contributed by atoms with Crippen LogP contribution < -0.4 is 14.4 Å². The molecule has 1 heterocycles. The van der Waals surface area contributed by atoms with Gasteiger partial charge < -0.3 is 14.6 Å². The number of carbonyl (C=O) groups excluding carboxylic acids is 1. The van der Waals surface area contributed by atoms with E-state index in [4.69, 9.17) is 15.9 Å². The molecule has 0 atom stereocenters. The van der Waals surface area contributed by atoms with Crippen LogP contribution in [0.25, 0.3) is 0 Å². The average Bonchev–Trinajstić information content (AvgIpc) is 2.62. The minimum Gasteiger partial charge on any atom is -0.485 e. The zero-order chi connectivity index (χ0) is 16.9. The summed E-state index contributed by atoms with van der Waals surface area (Å²) < 4.78 is 11.4. The molecule has 1 aliphatic rings. The number of nitrogens with zero attached hydrogens (tertiary/aromatic N) is 1. The molecule has 5 nitrogen and oxygen atoms in total. The van der Waals surface area contributed by atoms with Crippen LogP contribution in [-0.2, 0) is 18.0 Å². The van der Waals surface area contributed by atoms with E-state index in [1.807, 2.05) is 30.3 Å². The van der Waals surface area contributed by atoms with Gasteiger partial charge in [0.25, 0.3) is 5.91 Å². The first-order valence-electron chi connectivity index (χ1n) is 7.54. The van der Waals surface area contributed by atoms with Crippen LogP contribution in [0.15, 0.2) is 42.5 Å². The maximum absolute atomic E-state index is 12.0. The molecular weight excluding hydrogens is 306 g/mol. The molecule has 0 radical (unpaired) electrons. The van der Waals surface area contributed by atoms with Crippen LogP contribution in [0, 0.1) is 12.3 Å². The van der Waals surface area contributed by atoms with Gasteiger partial charge >= 0.3 is 0 Å². The highest BCUT2D eigenvalue weighted by Gasteiger charge is 2.28. The van der Waals surface area contributed by atoms with Gasteiger partial charge in [-0.05, 0) is 23.3 Å². The molecule has 0 fully saturated rings. The van der Waals surface area contributed by atoms with Gasteiger partial charge in [0.15, 0.2) is 18.1 Å². The molecule has 1 aliphatic heterocycles. The van der Waals surface area contributed by atoms with E-state index in [0.717, 1.165) is 5.56 Å². The van der Waals surface area contributed by atoms with E-state index in [9.17, 15) is 9.90 Å². The smallest absolute Gasteiger partial charge is 0.265 e. The SMILES string of the molecule is C#CCN1C(=O)COc2c(OCc3ccccc3)cc(CO)cc21. The molecule has 24 heavy (non-hydrogen) atoms. The van der Waals surface area contributed by atoms with Crippen LogP contribution in [0.3, 0.4) is 0 Å². The second-order valence-electron chi connectivity index (χ2n) is 5.35. The predicted molar refractivity (Wildman–Crippen MR) is 89.8 cm³/mol. The summed E-state index contributed by atoms with van der Waals surface area (Å²) in [4.78, 5) is 13.5. The van der Waals surface area contributed by atoms with Crippen LogP contribution in [0.1, 0.15) is 11.1 Å². The van der Waals surface area contributed by atoms with Gasteiger partial charge in [0.05, 0.1) is 18.8 Å². The summed E-state index contributed by atoms with van der Waals surface area (Å²) in [6, 6.07) is 13.1. The van der Waals surface area contributed by atoms with E-state index in [2.05, 4.69) is 5.92 Å². The minimum absolute atomic E-state index is 0.0884. The van der Waals surface area contributed by atoms with E-state index in [-0.39, 0.29) is 25.7 Å². The van der Waals surface area contributed by atoms with Gasteiger partial charge in [-0.3, -0.25) is 9.69 Å². The van der Waals surface area contributed by atoms with Crippen molar-refractivity contribution >= 4 is 11.6 Å². The van der Waals surface area contributed by atoms with Crippen molar-refractivity contribution in [3.8, 4) is 23.8 Å². The third kappa shape index (κ3) is 3.19. The fourth-order valence-corrected chi connectivity index (χ4v) is 2.53. The zero-order valence-electron chi connectivity index (χ0n) is 13.1. The summed E-state index contributed by atoms with van der Waals surface area (Å²) in [5, 5.41) is 9.49. The van der Waals surface area contributed by atoms with E-state index >= 15 is 0 Å². The number of rotatable bonds is 5. The molecule has 0 saturated heterocycles. The summed E-state index contributed by atoms with van der Waals surface area (Å²) in [5.74, 6) is 3.20. The normalized spacial score (nSPS) is 13.0. The molecule has 3 rings (SSSR count). The molecule has 2 aromatic rings. The molecule has 122 valence electrons. The fourth-order valence-electron chi connectivity index (χ4n) is 2.53. The maximum atomic E-state index is 12.0. The number of hydrogen-bond donors (Lipinski definition) is 1. The van der Waals surface area contributed by atoms with Gasteiger partial charge in [-0.15, -0.1) is 6.42 Å². The van der Waals surface area contributed by atoms with Crippen molar-refractivity contribution in [3.63, 3.8) is 0 Å². The second-order valence-corrected chi connectivity index (χ2v) is 5.35. The van der Waals surface area contributed by atoms with E-state index in [1.54, 1.807) is 12.1 Å². The molecule has 0 saturated carbocycles. The Morgan fingerprint density at radius 1 is 1.25 bits per heavy atom. The van der Waals surface area contributed by atoms with E-state index < -0.39 is 0 Å². The van der Waals surface area contributed by atoms with Gasteiger partial charge in [-0.1, -0.05) is 36.3 Å². The third-order valence-corrected chi connectivity index (χ3v) is 3.70. The number of anilines is 1. The van der Waals surface area contributed by atoms with Crippen LogP contribution in [0.5, 0.6) is 11.5 Å². The zero-order valence-corrected chi connectivity index (χ0v) is 13.1. The number of hydrogen-bond acceptors (Lipinski definition) is 4. The first kappa shape index (κ1) is 15.9. The van der Waals surface area contributed by atoms with Crippen molar-refractivity contribution in [3.05, 3.63) is 53.6 Å². The summed E-state index contributed by atoms with van der Waals surface area (Å²) >= 11 is 0. The van der Waals surface area contributed by atoms with Crippen molar-refractivity contribution < 1.29 is 19.4 Å². The number of aliphatic hydroxyl groups excluding tert-OH is 1. The highest BCUT2D eigenvalue weighted by Crippen LogP contribution is 2.41. The van der Waals surface area contributed by atoms with Crippen molar-refractivity contribution in [2.75, 3.05) is 18.1 Å². The number of aliphatic hydroxyl groups is 1. The van der Waals surface area contributed by atoms with Gasteiger partial charge in [-0.2, -0.15) is 0 Å². The Hall–Kier alpha value is -2.97. The first-order chi connectivity index (χ1) is 11.7. The number of carbonyl (C=O) groups is 1. The molecule has 5 heteroatoms. The number of terminal acetylenes is 1. The number of ether oxygens (including phenoxy) is 2. The van der Waals surface area contributed by atoms with E-state index in [0.29, 0.717) is 29.4 Å². The predicted octanol–water partition coefficient (Wildman–Crippen LogP) is 2.12. The van der Waals surface area contributed by atoms with Crippen molar-refractivity contribution in [2.45, 2.75) is 13.2 Å². The number of fused-ring (bicyclic) bond motifs is 1. The van der Waals surface area contributed by atoms with Crippen molar-refractivity contribution in [1.82, 2.24) is 0 Å². The van der Waals surface area contributed by atoms with E-state index in [1.165, 1.54) is 4.90 Å². The highest BCUT2D eigenvalue weighted by atomic mass is 16.5. The summed E-state index contributed by atoms with van der Waals surface area (Å²) in [6.45, 7) is 0.235. The second kappa shape index (κ2) is 7.07. The van der Waals surface area contributed by atoms with Gasteiger partial charge in [0.2, 0.25) is 0 Å². The van der Waals surface area contributed by atoms with Crippen molar-refractivity contribution in [2.24, 2.45) is 0 Å². The minimum atomic E-state index is -0.218. The molecule has 0 unspecified atom stereocenters. The summed E-state index contributed by atoms with van der Waals surface area (Å²) in [6.07, 6.45) is 5.36. The lowest BCUT2D eigenvalue weighted by Crippen LogP contribution is -2.39. The molecule has 0 bridgehead atoms.